The number of hydrogen-bond acceptors (Lipinski definition) is 5. The van der Waals surface area contributed by atoms with Gasteiger partial charge in [0.25, 0.3) is 0 Å². The third kappa shape index (κ3) is 5.63. The second-order valence-electron chi connectivity index (χ2n) is 8.03. The van der Waals surface area contributed by atoms with Crippen LogP contribution < -0.4 is 4.98 Å². The van der Waals surface area contributed by atoms with Crippen LogP contribution in [0.15, 0.2) is 0 Å². The van der Waals surface area contributed by atoms with Gasteiger partial charge in [-0.25, -0.2) is 0 Å². The molecular formula is C13H33NO4Si4. The molecule has 0 radical (unpaired) electrons. The van der Waals surface area contributed by atoms with E-state index in [9.17, 15) is 0 Å². The predicted octanol–water partition coefficient (Wildman–Crippen LogP) is 3.66. The molecule has 2 aliphatic rings. The Labute approximate surface area is 140 Å². The van der Waals surface area contributed by atoms with Crippen LogP contribution in [0, 0.1) is 0 Å². The third-order valence-corrected chi connectivity index (χ3v) is 19.8. The van der Waals surface area contributed by atoms with Gasteiger partial charge in [-0.2, -0.15) is 0 Å². The molecule has 0 aromatic heterocycles. The maximum absolute atomic E-state index is 6.55. The van der Waals surface area contributed by atoms with Crippen molar-refractivity contribution in [3.8, 4) is 0 Å². The Morgan fingerprint density at radius 1 is 0.636 bits per heavy atom. The van der Waals surface area contributed by atoms with Gasteiger partial charge in [0.2, 0.25) is 0 Å². The van der Waals surface area contributed by atoms with Crippen LogP contribution in [0.1, 0.15) is 32.1 Å². The molecule has 0 atom stereocenters. The van der Waals surface area contributed by atoms with Crippen LogP contribution in [0.25, 0.3) is 0 Å². The van der Waals surface area contributed by atoms with Gasteiger partial charge in [0.1, 0.15) is 0 Å². The molecule has 0 aromatic carbocycles. The molecule has 22 heavy (non-hydrogen) atoms. The van der Waals surface area contributed by atoms with Crippen LogP contribution in [0.2, 0.25) is 45.8 Å². The molecule has 9 heteroatoms. The molecule has 1 saturated heterocycles. The standard InChI is InChI=1S/C13H33NO4Si4/c1-19(2)15-20(3,4)17-22(7,18-21(5,6)16-19)14-13-11-9-8-10-12-13/h13-14H,8-12H2,1-7H3. The summed E-state index contributed by atoms with van der Waals surface area (Å²) in [6.45, 7) is 14.8. The fourth-order valence-electron chi connectivity index (χ4n) is 3.88. The highest BCUT2D eigenvalue weighted by Gasteiger charge is 2.53. The number of nitrogens with one attached hydrogen (secondary N) is 1. The quantitative estimate of drug-likeness (QED) is 0.742. The Balaban J connectivity index is 2.17. The lowest BCUT2D eigenvalue weighted by molar-refractivity contribution is 0.219. The maximum atomic E-state index is 6.55. The first-order valence-electron chi connectivity index (χ1n) is 8.49. The summed E-state index contributed by atoms with van der Waals surface area (Å²) in [4.78, 5) is 3.76. The van der Waals surface area contributed by atoms with Crippen molar-refractivity contribution >= 4 is 34.4 Å². The minimum Gasteiger partial charge on any atom is -0.416 e. The van der Waals surface area contributed by atoms with Gasteiger partial charge in [0.05, 0.1) is 0 Å². The Morgan fingerprint density at radius 2 is 1.05 bits per heavy atom. The smallest absolute Gasteiger partial charge is 0.404 e. The number of rotatable bonds is 2. The van der Waals surface area contributed by atoms with E-state index in [-0.39, 0.29) is 0 Å². The highest BCUT2D eigenvalue weighted by Crippen LogP contribution is 2.30. The average molecular weight is 380 g/mol. The van der Waals surface area contributed by atoms with E-state index in [0.717, 1.165) is 0 Å². The molecule has 0 amide bonds. The Morgan fingerprint density at radius 3 is 1.50 bits per heavy atom. The normalized spacial score (nSPS) is 31.2. The summed E-state index contributed by atoms with van der Waals surface area (Å²) < 4.78 is 25.8. The van der Waals surface area contributed by atoms with Crippen molar-refractivity contribution in [3.05, 3.63) is 0 Å². The summed E-state index contributed by atoms with van der Waals surface area (Å²) in [5.74, 6) is 0. The summed E-state index contributed by atoms with van der Waals surface area (Å²) >= 11 is 0. The van der Waals surface area contributed by atoms with Crippen molar-refractivity contribution in [2.24, 2.45) is 0 Å². The van der Waals surface area contributed by atoms with Crippen LogP contribution in [-0.2, 0) is 16.5 Å². The Kier molecular flexibility index (Phi) is 5.63. The molecule has 130 valence electrons. The lowest BCUT2D eigenvalue weighted by atomic mass is 9.96. The summed E-state index contributed by atoms with van der Waals surface area (Å²) in [5.41, 5.74) is 0. The van der Waals surface area contributed by atoms with Gasteiger partial charge < -0.3 is 16.5 Å². The van der Waals surface area contributed by atoms with Crippen molar-refractivity contribution in [2.75, 3.05) is 0 Å². The summed E-state index contributed by atoms with van der Waals surface area (Å²) in [6, 6.07) is 0.518. The second kappa shape index (κ2) is 6.52. The van der Waals surface area contributed by atoms with Gasteiger partial charge in [-0.1, -0.05) is 19.3 Å². The van der Waals surface area contributed by atoms with Crippen molar-refractivity contribution in [3.63, 3.8) is 0 Å². The minimum absolute atomic E-state index is 0.518. The first kappa shape index (κ1) is 19.0. The minimum atomic E-state index is -2.49. The molecule has 1 N–H and O–H groups in total. The predicted molar refractivity (Wildman–Crippen MR) is 98.4 cm³/mol. The first-order chi connectivity index (χ1) is 9.91. The molecule has 1 heterocycles. The lowest BCUT2D eigenvalue weighted by Crippen LogP contribution is -2.71. The monoisotopic (exact) mass is 379 g/mol. The fraction of sp³-hybridized carbons (Fsp3) is 1.00. The molecule has 0 bridgehead atoms. The van der Waals surface area contributed by atoms with Gasteiger partial charge in [-0.3, -0.25) is 4.98 Å². The number of hydrogen-bond donors (Lipinski definition) is 1. The van der Waals surface area contributed by atoms with Crippen molar-refractivity contribution < 1.29 is 16.5 Å². The molecule has 2 rings (SSSR count). The summed E-state index contributed by atoms with van der Waals surface area (Å²) in [6.07, 6.45) is 6.40. The van der Waals surface area contributed by atoms with Gasteiger partial charge in [-0.15, -0.1) is 0 Å². The zero-order chi connectivity index (χ0) is 16.6. The third-order valence-electron chi connectivity index (χ3n) is 3.94. The molecule has 1 aliphatic carbocycles. The van der Waals surface area contributed by atoms with Gasteiger partial charge >= 0.3 is 34.4 Å². The van der Waals surface area contributed by atoms with E-state index in [4.69, 9.17) is 16.5 Å². The van der Waals surface area contributed by atoms with E-state index >= 15 is 0 Å². The van der Waals surface area contributed by atoms with Gasteiger partial charge in [0.15, 0.2) is 0 Å². The average Bonchev–Trinajstić information content (AvgIpc) is 2.21. The van der Waals surface area contributed by atoms with Crippen LogP contribution in [0.4, 0.5) is 0 Å². The maximum Gasteiger partial charge on any atom is 0.404 e. The molecule has 0 aromatic rings. The van der Waals surface area contributed by atoms with Gasteiger partial charge in [-0.05, 0) is 58.7 Å². The largest absolute Gasteiger partial charge is 0.416 e. The van der Waals surface area contributed by atoms with Crippen LogP contribution in [-0.4, -0.2) is 40.4 Å². The van der Waals surface area contributed by atoms with E-state index in [0.29, 0.717) is 6.04 Å². The van der Waals surface area contributed by atoms with Crippen LogP contribution in [0.5, 0.6) is 0 Å². The van der Waals surface area contributed by atoms with Crippen LogP contribution in [0.3, 0.4) is 0 Å². The van der Waals surface area contributed by atoms with E-state index in [1.54, 1.807) is 0 Å². The van der Waals surface area contributed by atoms with Crippen molar-refractivity contribution in [1.29, 1.82) is 0 Å². The molecule has 1 saturated carbocycles. The fourth-order valence-corrected chi connectivity index (χ4v) is 24.5. The molecular weight excluding hydrogens is 346 g/mol. The molecule has 5 nitrogen and oxygen atoms in total. The lowest BCUT2D eigenvalue weighted by Gasteiger charge is -2.48. The molecule has 0 unspecified atom stereocenters. The van der Waals surface area contributed by atoms with E-state index in [1.807, 2.05) is 0 Å². The zero-order valence-electron chi connectivity index (χ0n) is 15.2. The van der Waals surface area contributed by atoms with E-state index in [2.05, 4.69) is 50.8 Å². The molecule has 0 spiro atoms. The highest BCUT2D eigenvalue weighted by molar-refractivity contribution is 6.92. The summed E-state index contributed by atoms with van der Waals surface area (Å²) in [7, 11) is -9.20. The van der Waals surface area contributed by atoms with Gasteiger partial charge in [0, 0.05) is 6.04 Å². The van der Waals surface area contributed by atoms with Crippen molar-refractivity contribution in [1.82, 2.24) is 4.98 Å². The summed E-state index contributed by atoms with van der Waals surface area (Å²) in [5, 5.41) is 0. The first-order valence-corrected chi connectivity index (χ1v) is 19.3. The van der Waals surface area contributed by atoms with E-state index in [1.165, 1.54) is 32.1 Å². The van der Waals surface area contributed by atoms with Crippen molar-refractivity contribution in [2.45, 2.75) is 84.0 Å². The highest BCUT2D eigenvalue weighted by atomic mass is 28.5. The molecule has 2 fully saturated rings. The second-order valence-corrected chi connectivity index (χ2v) is 21.9. The Bertz CT molecular complexity index is 378. The topological polar surface area (TPSA) is 49.0 Å². The molecule has 1 aliphatic heterocycles. The van der Waals surface area contributed by atoms with E-state index < -0.39 is 34.4 Å². The SMILES string of the molecule is C[Si]1(C)O[Si](C)(C)O[Si](C)(NC2CCCCC2)O[Si](C)(C)O1. The Hall–Kier alpha value is 0.668. The zero-order valence-corrected chi connectivity index (χ0v) is 19.2. The van der Waals surface area contributed by atoms with Crippen LogP contribution >= 0.6 is 0 Å².